The molecular weight excluding hydrogens is 474 g/mol. The van der Waals surface area contributed by atoms with Crippen LogP contribution in [0.3, 0.4) is 0 Å². The normalized spacial score (nSPS) is 18.6. The number of halogens is 1. The molecule has 4 rings (SSSR count). The van der Waals surface area contributed by atoms with Crippen molar-refractivity contribution in [3.05, 3.63) is 58.6 Å². The molecular formula is C25H32ClN3O4S. The molecule has 0 radical (unpaired) electrons. The van der Waals surface area contributed by atoms with Crippen LogP contribution in [-0.4, -0.2) is 62.6 Å². The summed E-state index contributed by atoms with van der Waals surface area (Å²) < 4.78 is 33.5. The van der Waals surface area contributed by atoms with Gasteiger partial charge in [-0.3, -0.25) is 4.90 Å². The Morgan fingerprint density at radius 2 is 1.62 bits per heavy atom. The van der Waals surface area contributed by atoms with E-state index in [0.29, 0.717) is 19.1 Å². The Bertz CT molecular complexity index is 1110. The van der Waals surface area contributed by atoms with Crippen molar-refractivity contribution in [1.29, 1.82) is 0 Å². The van der Waals surface area contributed by atoms with Gasteiger partial charge >= 0.3 is 6.03 Å². The average Bonchev–Trinajstić information content (AvgIpc) is 2.83. The first-order chi connectivity index (χ1) is 16.2. The second kappa shape index (κ2) is 10.5. The largest absolute Gasteiger partial charge is 0.490 e. The monoisotopic (exact) mass is 505 g/mol. The minimum atomic E-state index is -3.87. The lowest BCUT2D eigenvalue weighted by Gasteiger charge is -2.41. The Labute approximate surface area is 207 Å². The van der Waals surface area contributed by atoms with Crippen LogP contribution < -0.4 is 9.46 Å². The molecule has 2 saturated heterocycles. The van der Waals surface area contributed by atoms with Crippen LogP contribution in [0.15, 0.2) is 47.4 Å². The van der Waals surface area contributed by atoms with E-state index in [0.717, 1.165) is 60.7 Å². The highest BCUT2D eigenvalue weighted by Gasteiger charge is 2.31. The molecule has 2 aromatic carbocycles. The predicted octanol–water partition coefficient (Wildman–Crippen LogP) is 4.36. The number of likely N-dealkylation sites (tertiary alicyclic amines) is 2. The molecule has 2 aliphatic rings. The summed E-state index contributed by atoms with van der Waals surface area (Å²) in [6, 6.07) is 12.1. The standard InChI is InChI=1S/C25H32ClN3O4S/c1-18-6-8-22(9-7-18)34(31,32)27-25(30)29-14-10-20(11-15-29)28-16-12-21(13-17-28)33-24-5-3-4-23(26)19(24)2/h3-9,20-21H,10-17H2,1-2H3,(H,27,30). The van der Waals surface area contributed by atoms with Crippen LogP contribution in [0.4, 0.5) is 4.79 Å². The third-order valence-corrected chi connectivity index (χ3v) is 8.55. The van der Waals surface area contributed by atoms with Gasteiger partial charge in [0.25, 0.3) is 10.0 Å². The number of sulfonamides is 1. The Morgan fingerprint density at radius 3 is 2.26 bits per heavy atom. The van der Waals surface area contributed by atoms with E-state index < -0.39 is 16.1 Å². The fraction of sp³-hybridized carbons (Fsp3) is 0.480. The minimum Gasteiger partial charge on any atom is -0.490 e. The molecule has 2 heterocycles. The Morgan fingerprint density at radius 1 is 0.971 bits per heavy atom. The number of aryl methyl sites for hydroxylation is 1. The SMILES string of the molecule is Cc1ccc(S(=O)(=O)NC(=O)N2CCC(N3CCC(Oc4cccc(Cl)c4C)CC3)CC2)cc1. The molecule has 184 valence electrons. The fourth-order valence-corrected chi connectivity index (χ4v) is 5.78. The zero-order chi connectivity index (χ0) is 24.3. The number of amides is 2. The molecule has 0 aromatic heterocycles. The number of rotatable bonds is 5. The van der Waals surface area contributed by atoms with Crippen LogP contribution in [0.1, 0.15) is 36.8 Å². The molecule has 2 fully saturated rings. The van der Waals surface area contributed by atoms with Crippen molar-refractivity contribution in [2.75, 3.05) is 26.2 Å². The maximum atomic E-state index is 12.6. The first-order valence-electron chi connectivity index (χ1n) is 11.8. The van der Waals surface area contributed by atoms with Gasteiger partial charge in [-0.05, 0) is 63.8 Å². The summed E-state index contributed by atoms with van der Waals surface area (Å²) in [5, 5.41) is 0.720. The molecule has 2 aromatic rings. The van der Waals surface area contributed by atoms with Gasteiger partial charge in [0.2, 0.25) is 0 Å². The third kappa shape index (κ3) is 5.85. The van der Waals surface area contributed by atoms with E-state index in [1.165, 1.54) is 12.1 Å². The average molecular weight is 506 g/mol. The summed E-state index contributed by atoms with van der Waals surface area (Å²) in [7, 11) is -3.87. The summed E-state index contributed by atoms with van der Waals surface area (Å²) in [5.41, 5.74) is 1.93. The van der Waals surface area contributed by atoms with Crippen LogP contribution in [0.2, 0.25) is 5.02 Å². The second-order valence-electron chi connectivity index (χ2n) is 9.16. The third-order valence-electron chi connectivity index (χ3n) is 6.81. The molecule has 0 aliphatic carbocycles. The van der Waals surface area contributed by atoms with Crippen molar-refractivity contribution >= 4 is 27.7 Å². The van der Waals surface area contributed by atoms with Crippen molar-refractivity contribution in [2.24, 2.45) is 0 Å². The van der Waals surface area contributed by atoms with E-state index in [9.17, 15) is 13.2 Å². The molecule has 7 nitrogen and oxygen atoms in total. The quantitative estimate of drug-likeness (QED) is 0.653. The van der Waals surface area contributed by atoms with E-state index in [2.05, 4.69) is 9.62 Å². The van der Waals surface area contributed by atoms with Gasteiger partial charge in [-0.2, -0.15) is 0 Å². The van der Waals surface area contributed by atoms with Gasteiger partial charge < -0.3 is 9.64 Å². The molecule has 0 bridgehead atoms. The fourth-order valence-electron chi connectivity index (χ4n) is 4.64. The first kappa shape index (κ1) is 24.8. The Hall–Kier alpha value is -2.29. The van der Waals surface area contributed by atoms with Gasteiger partial charge in [0.15, 0.2) is 0 Å². The summed E-state index contributed by atoms with van der Waals surface area (Å²) >= 11 is 6.21. The topological polar surface area (TPSA) is 79.0 Å². The summed E-state index contributed by atoms with van der Waals surface area (Å²) in [6.45, 7) is 6.83. The maximum Gasteiger partial charge on any atom is 0.331 e. The van der Waals surface area contributed by atoms with E-state index >= 15 is 0 Å². The number of benzene rings is 2. The van der Waals surface area contributed by atoms with Crippen LogP contribution in [0, 0.1) is 13.8 Å². The van der Waals surface area contributed by atoms with E-state index in [1.807, 2.05) is 32.0 Å². The minimum absolute atomic E-state index is 0.0967. The van der Waals surface area contributed by atoms with Crippen molar-refractivity contribution < 1.29 is 17.9 Å². The van der Waals surface area contributed by atoms with Crippen LogP contribution in [0.25, 0.3) is 0 Å². The number of nitrogens with zero attached hydrogens (tertiary/aromatic N) is 2. The number of nitrogens with one attached hydrogen (secondary N) is 1. The smallest absolute Gasteiger partial charge is 0.331 e. The highest BCUT2D eigenvalue weighted by molar-refractivity contribution is 7.90. The summed E-state index contributed by atoms with van der Waals surface area (Å²) in [4.78, 5) is 16.8. The number of carbonyl (C=O) groups excluding carboxylic acids is 1. The lowest BCUT2D eigenvalue weighted by Crippen LogP contribution is -2.52. The van der Waals surface area contributed by atoms with Crippen LogP contribution in [0.5, 0.6) is 5.75 Å². The van der Waals surface area contributed by atoms with Crippen LogP contribution >= 0.6 is 11.6 Å². The number of piperidine rings is 2. The van der Waals surface area contributed by atoms with Crippen molar-refractivity contribution in [3.63, 3.8) is 0 Å². The Kier molecular flexibility index (Phi) is 7.70. The molecule has 0 saturated carbocycles. The second-order valence-corrected chi connectivity index (χ2v) is 11.2. The van der Waals surface area contributed by atoms with Gasteiger partial charge in [-0.1, -0.05) is 35.4 Å². The molecule has 9 heteroatoms. The van der Waals surface area contributed by atoms with E-state index in [-0.39, 0.29) is 11.0 Å². The van der Waals surface area contributed by atoms with Gasteiger partial charge in [0, 0.05) is 42.8 Å². The summed E-state index contributed by atoms with van der Waals surface area (Å²) in [6.07, 6.45) is 3.72. The molecule has 0 atom stereocenters. The lowest BCUT2D eigenvalue weighted by molar-refractivity contribution is 0.0537. The molecule has 2 aliphatic heterocycles. The highest BCUT2D eigenvalue weighted by atomic mass is 35.5. The molecule has 0 unspecified atom stereocenters. The number of ether oxygens (including phenoxy) is 1. The molecule has 34 heavy (non-hydrogen) atoms. The number of hydrogen-bond acceptors (Lipinski definition) is 5. The zero-order valence-corrected chi connectivity index (χ0v) is 21.2. The van der Waals surface area contributed by atoms with Gasteiger partial charge in [0.1, 0.15) is 11.9 Å². The molecule has 2 amide bonds. The zero-order valence-electron chi connectivity index (χ0n) is 19.7. The van der Waals surface area contributed by atoms with Crippen molar-refractivity contribution in [2.45, 2.75) is 56.6 Å². The van der Waals surface area contributed by atoms with E-state index in [1.54, 1.807) is 17.0 Å². The van der Waals surface area contributed by atoms with Crippen molar-refractivity contribution in [1.82, 2.24) is 14.5 Å². The lowest BCUT2D eigenvalue weighted by atomic mass is 9.99. The van der Waals surface area contributed by atoms with Gasteiger partial charge in [-0.25, -0.2) is 17.9 Å². The molecule has 0 spiro atoms. The highest BCUT2D eigenvalue weighted by Crippen LogP contribution is 2.29. The van der Waals surface area contributed by atoms with Crippen molar-refractivity contribution in [3.8, 4) is 5.75 Å². The molecule has 1 N–H and O–H groups in total. The van der Waals surface area contributed by atoms with E-state index in [4.69, 9.17) is 16.3 Å². The summed E-state index contributed by atoms with van der Waals surface area (Å²) in [5.74, 6) is 0.853. The van der Waals surface area contributed by atoms with Gasteiger partial charge in [-0.15, -0.1) is 0 Å². The number of urea groups is 1. The first-order valence-corrected chi connectivity index (χ1v) is 13.6. The number of carbonyl (C=O) groups is 1. The van der Waals surface area contributed by atoms with Gasteiger partial charge in [0.05, 0.1) is 4.90 Å². The predicted molar refractivity (Wildman–Crippen MR) is 133 cm³/mol. The number of hydrogen-bond donors (Lipinski definition) is 1. The Balaban J connectivity index is 1.24. The van der Waals surface area contributed by atoms with Crippen LogP contribution in [-0.2, 0) is 10.0 Å². The maximum absolute atomic E-state index is 12.6.